The third-order valence-electron chi connectivity index (χ3n) is 3.36. The highest BCUT2D eigenvalue weighted by Crippen LogP contribution is 2.26. The third-order valence-corrected chi connectivity index (χ3v) is 3.36. The minimum atomic E-state index is 0.181. The van der Waals surface area contributed by atoms with Gasteiger partial charge in [-0.2, -0.15) is 0 Å². The van der Waals surface area contributed by atoms with Crippen molar-refractivity contribution in [2.75, 3.05) is 0 Å². The number of ketones is 1. The van der Waals surface area contributed by atoms with Gasteiger partial charge in [0.2, 0.25) is 0 Å². The quantitative estimate of drug-likeness (QED) is 0.684. The smallest absolute Gasteiger partial charge is 0.189 e. The fraction of sp³-hybridized carbons (Fsp3) is 0.118. The molecule has 0 unspecified atom stereocenters. The van der Waals surface area contributed by atoms with E-state index < -0.39 is 0 Å². The van der Waals surface area contributed by atoms with Gasteiger partial charge in [-0.3, -0.25) is 4.79 Å². The summed E-state index contributed by atoms with van der Waals surface area (Å²) in [4.78, 5) is 12.4. The van der Waals surface area contributed by atoms with Crippen LogP contribution in [0.4, 0.5) is 0 Å². The molecule has 0 fully saturated rings. The zero-order valence-corrected chi connectivity index (χ0v) is 10.1. The lowest BCUT2D eigenvalue weighted by Crippen LogP contribution is -2.13. The first-order valence-corrected chi connectivity index (χ1v) is 6.23. The predicted molar refractivity (Wildman–Crippen MR) is 73.5 cm³/mol. The van der Waals surface area contributed by atoms with Gasteiger partial charge in [0.05, 0.1) is 0 Å². The number of aryl methyl sites for hydroxylation is 1. The van der Waals surface area contributed by atoms with E-state index in [9.17, 15) is 4.79 Å². The van der Waals surface area contributed by atoms with E-state index in [1.165, 1.54) is 5.56 Å². The van der Waals surface area contributed by atoms with Crippen LogP contribution in [0, 0.1) is 0 Å². The van der Waals surface area contributed by atoms with E-state index >= 15 is 0 Å². The van der Waals surface area contributed by atoms with Crippen molar-refractivity contribution in [2.45, 2.75) is 12.8 Å². The number of carbonyl (C=O) groups excluding carboxylic acids is 1. The van der Waals surface area contributed by atoms with E-state index in [4.69, 9.17) is 0 Å². The first kappa shape index (κ1) is 11.0. The molecule has 0 saturated heterocycles. The van der Waals surface area contributed by atoms with Crippen molar-refractivity contribution in [2.24, 2.45) is 0 Å². The van der Waals surface area contributed by atoms with Gasteiger partial charge >= 0.3 is 0 Å². The molecule has 0 aliphatic heterocycles. The molecular weight excluding hydrogens is 220 g/mol. The van der Waals surface area contributed by atoms with Gasteiger partial charge < -0.3 is 0 Å². The van der Waals surface area contributed by atoms with Crippen molar-refractivity contribution in [3.05, 3.63) is 76.9 Å². The Morgan fingerprint density at radius 1 is 0.833 bits per heavy atom. The highest BCUT2D eigenvalue weighted by atomic mass is 16.1. The van der Waals surface area contributed by atoms with Crippen LogP contribution in [0.5, 0.6) is 0 Å². The maximum absolute atomic E-state index is 12.4. The van der Waals surface area contributed by atoms with Gasteiger partial charge in [0.1, 0.15) is 0 Å². The van der Waals surface area contributed by atoms with Gasteiger partial charge in [0, 0.05) is 11.1 Å². The predicted octanol–water partition coefficient (Wildman–Crippen LogP) is 3.90. The number of Topliss-reactive ketones (excluding diaryl/α,β-unsaturated/α-hetero) is 1. The topological polar surface area (TPSA) is 17.1 Å². The van der Waals surface area contributed by atoms with Crippen LogP contribution in [0.2, 0.25) is 0 Å². The minimum Gasteiger partial charge on any atom is -0.289 e. The lowest BCUT2D eigenvalue weighted by Gasteiger charge is -2.17. The Morgan fingerprint density at radius 2 is 1.56 bits per heavy atom. The summed E-state index contributed by atoms with van der Waals surface area (Å²) < 4.78 is 0. The molecule has 1 nitrogen and oxygen atoms in total. The molecule has 0 atom stereocenters. The largest absolute Gasteiger partial charge is 0.289 e. The minimum absolute atomic E-state index is 0.181. The summed E-state index contributed by atoms with van der Waals surface area (Å²) in [6.07, 6.45) is 3.81. The first-order chi connectivity index (χ1) is 8.84. The van der Waals surface area contributed by atoms with Gasteiger partial charge in [-0.05, 0) is 30.0 Å². The number of hydrogen-bond acceptors (Lipinski definition) is 1. The Labute approximate surface area is 107 Å². The molecule has 88 valence electrons. The van der Waals surface area contributed by atoms with E-state index in [-0.39, 0.29) is 5.78 Å². The van der Waals surface area contributed by atoms with Crippen LogP contribution in [-0.4, -0.2) is 5.78 Å². The molecule has 0 spiro atoms. The van der Waals surface area contributed by atoms with Crippen LogP contribution in [0.15, 0.2) is 60.2 Å². The van der Waals surface area contributed by atoms with E-state index in [1.54, 1.807) is 0 Å². The fourth-order valence-corrected chi connectivity index (χ4v) is 2.40. The normalized spacial score (nSPS) is 16.7. The van der Waals surface area contributed by atoms with E-state index in [1.807, 2.05) is 60.7 Å². The maximum Gasteiger partial charge on any atom is 0.189 e. The second kappa shape index (κ2) is 4.61. The highest BCUT2D eigenvalue weighted by Gasteiger charge is 2.20. The van der Waals surface area contributed by atoms with Crippen molar-refractivity contribution in [1.82, 2.24) is 0 Å². The van der Waals surface area contributed by atoms with Gasteiger partial charge in [0.15, 0.2) is 5.78 Å². The summed E-state index contributed by atoms with van der Waals surface area (Å²) >= 11 is 0. The second-order valence-electron chi connectivity index (χ2n) is 4.57. The summed E-state index contributed by atoms with van der Waals surface area (Å²) in [6.45, 7) is 0. The molecule has 0 radical (unpaired) electrons. The Kier molecular flexibility index (Phi) is 2.81. The lowest BCUT2D eigenvalue weighted by molar-refractivity contribution is 0.102. The number of benzene rings is 2. The molecule has 1 heteroatoms. The summed E-state index contributed by atoms with van der Waals surface area (Å²) in [5.74, 6) is 0.181. The van der Waals surface area contributed by atoms with Crippen molar-refractivity contribution >= 4 is 11.9 Å². The van der Waals surface area contributed by atoms with E-state index in [0.29, 0.717) is 0 Å². The Balaban J connectivity index is 1.98. The van der Waals surface area contributed by atoms with Crippen LogP contribution >= 0.6 is 0 Å². The highest BCUT2D eigenvalue weighted by molar-refractivity contribution is 6.13. The molecule has 1 aliphatic carbocycles. The molecule has 3 rings (SSSR count). The van der Waals surface area contributed by atoms with Gasteiger partial charge in [-0.1, -0.05) is 54.6 Å². The standard InChI is InChI=1S/C17H14O/c18-17-15(12-13-6-2-1-3-7-13)11-10-14-8-4-5-9-16(14)17/h1-9,12H,10-11H2/b15-12-. The number of allylic oxidation sites excluding steroid dienone is 1. The molecule has 0 aromatic heterocycles. The zero-order valence-electron chi connectivity index (χ0n) is 10.1. The van der Waals surface area contributed by atoms with Crippen molar-refractivity contribution in [3.8, 4) is 0 Å². The van der Waals surface area contributed by atoms with Gasteiger partial charge in [0.25, 0.3) is 0 Å². The molecule has 0 bridgehead atoms. The van der Waals surface area contributed by atoms with E-state index in [0.717, 1.165) is 29.5 Å². The molecule has 2 aromatic carbocycles. The average molecular weight is 234 g/mol. The Morgan fingerprint density at radius 3 is 2.39 bits per heavy atom. The van der Waals surface area contributed by atoms with Crippen LogP contribution < -0.4 is 0 Å². The summed E-state index contributed by atoms with van der Waals surface area (Å²) in [6, 6.07) is 17.9. The molecule has 0 N–H and O–H groups in total. The van der Waals surface area contributed by atoms with Crippen LogP contribution in [-0.2, 0) is 6.42 Å². The molecule has 0 heterocycles. The number of rotatable bonds is 1. The summed E-state index contributed by atoms with van der Waals surface area (Å²) in [5.41, 5.74) is 4.05. The van der Waals surface area contributed by atoms with E-state index in [2.05, 4.69) is 0 Å². The number of fused-ring (bicyclic) bond motifs is 1. The first-order valence-electron chi connectivity index (χ1n) is 6.23. The molecular formula is C17H14O. The van der Waals surface area contributed by atoms with Crippen LogP contribution in [0.1, 0.15) is 27.9 Å². The van der Waals surface area contributed by atoms with Crippen molar-refractivity contribution in [3.63, 3.8) is 0 Å². The SMILES string of the molecule is O=C1/C(=C\c2ccccc2)CCc2ccccc21. The number of carbonyl (C=O) groups is 1. The Hall–Kier alpha value is -2.15. The summed E-state index contributed by atoms with van der Waals surface area (Å²) in [7, 11) is 0. The fourth-order valence-electron chi connectivity index (χ4n) is 2.40. The maximum atomic E-state index is 12.4. The van der Waals surface area contributed by atoms with Crippen molar-refractivity contribution < 1.29 is 4.79 Å². The molecule has 1 aliphatic rings. The zero-order chi connectivity index (χ0) is 12.4. The third kappa shape index (κ3) is 2.00. The monoisotopic (exact) mass is 234 g/mol. The summed E-state index contributed by atoms with van der Waals surface area (Å²) in [5, 5.41) is 0. The van der Waals surface area contributed by atoms with Crippen LogP contribution in [0.3, 0.4) is 0 Å². The Bertz CT molecular complexity index is 609. The molecule has 0 saturated carbocycles. The molecule has 0 amide bonds. The van der Waals surface area contributed by atoms with Crippen molar-refractivity contribution in [1.29, 1.82) is 0 Å². The van der Waals surface area contributed by atoms with Gasteiger partial charge in [-0.25, -0.2) is 0 Å². The average Bonchev–Trinajstić information content (AvgIpc) is 2.43. The molecule has 18 heavy (non-hydrogen) atoms. The second-order valence-corrected chi connectivity index (χ2v) is 4.57. The molecule has 2 aromatic rings. The van der Waals surface area contributed by atoms with Gasteiger partial charge in [-0.15, -0.1) is 0 Å². The van der Waals surface area contributed by atoms with Crippen LogP contribution in [0.25, 0.3) is 6.08 Å². The lowest BCUT2D eigenvalue weighted by atomic mass is 9.86. The number of hydrogen-bond donors (Lipinski definition) is 0.